The summed E-state index contributed by atoms with van der Waals surface area (Å²) in [5, 5.41) is 6.71. The van der Waals surface area contributed by atoms with Crippen molar-refractivity contribution in [1.29, 1.82) is 0 Å². The van der Waals surface area contributed by atoms with E-state index in [9.17, 15) is 0 Å². The van der Waals surface area contributed by atoms with Crippen LogP contribution < -0.4 is 10.6 Å². The third kappa shape index (κ3) is 8.00. The van der Waals surface area contributed by atoms with Crippen molar-refractivity contribution >= 4 is 29.9 Å². The Bertz CT molecular complexity index is 349. The molecule has 2 unspecified atom stereocenters. The van der Waals surface area contributed by atoms with Crippen LogP contribution >= 0.6 is 24.0 Å². The monoisotopic (exact) mass is 440 g/mol. The van der Waals surface area contributed by atoms with Gasteiger partial charge in [0.05, 0.1) is 18.8 Å². The quantitative estimate of drug-likeness (QED) is 0.371. The van der Waals surface area contributed by atoms with Gasteiger partial charge in [-0.25, -0.2) is 0 Å². The average molecular weight is 440 g/mol. The normalized spacial score (nSPS) is 26.2. The van der Waals surface area contributed by atoms with Crippen LogP contribution in [0.4, 0.5) is 0 Å². The zero-order valence-electron chi connectivity index (χ0n) is 14.7. The Morgan fingerprint density at radius 2 is 1.87 bits per heavy atom. The third-order valence-corrected chi connectivity index (χ3v) is 4.09. The molecule has 0 aromatic heterocycles. The van der Waals surface area contributed by atoms with Crippen molar-refractivity contribution in [1.82, 2.24) is 15.5 Å². The number of aliphatic imine (C=N–C) groups is 1. The molecule has 0 aliphatic carbocycles. The first-order valence-electron chi connectivity index (χ1n) is 8.57. The topological polar surface area (TPSA) is 58.1 Å². The van der Waals surface area contributed by atoms with E-state index in [-0.39, 0.29) is 30.1 Å². The minimum absolute atomic E-state index is 0. The maximum atomic E-state index is 5.85. The third-order valence-electron chi connectivity index (χ3n) is 4.09. The predicted molar refractivity (Wildman–Crippen MR) is 105 cm³/mol. The first kappa shape index (κ1) is 20.9. The van der Waals surface area contributed by atoms with Gasteiger partial charge in [0.25, 0.3) is 0 Å². The molecule has 2 saturated heterocycles. The average Bonchev–Trinajstić information content (AvgIpc) is 3.00. The van der Waals surface area contributed by atoms with Crippen molar-refractivity contribution in [2.75, 3.05) is 53.0 Å². The van der Waals surface area contributed by atoms with Gasteiger partial charge in [-0.1, -0.05) is 13.8 Å². The molecule has 0 aromatic carbocycles. The number of guanidine groups is 1. The van der Waals surface area contributed by atoms with E-state index >= 15 is 0 Å². The molecule has 136 valence electrons. The molecule has 0 bridgehead atoms. The highest BCUT2D eigenvalue weighted by molar-refractivity contribution is 14.0. The number of nitrogens with one attached hydrogen (secondary N) is 2. The Hall–Kier alpha value is -0.120. The van der Waals surface area contributed by atoms with E-state index in [1.54, 1.807) is 7.05 Å². The Kier molecular flexibility index (Phi) is 10.4. The zero-order valence-corrected chi connectivity index (χ0v) is 17.0. The molecule has 0 amide bonds. The molecule has 6 nitrogen and oxygen atoms in total. The van der Waals surface area contributed by atoms with E-state index < -0.39 is 0 Å². The number of ether oxygens (including phenoxy) is 2. The van der Waals surface area contributed by atoms with Crippen molar-refractivity contribution in [3.8, 4) is 0 Å². The van der Waals surface area contributed by atoms with E-state index in [1.165, 1.54) is 6.42 Å². The van der Waals surface area contributed by atoms with Crippen molar-refractivity contribution < 1.29 is 9.47 Å². The predicted octanol–water partition coefficient (Wildman–Crippen LogP) is 1.31. The van der Waals surface area contributed by atoms with Gasteiger partial charge in [0, 0.05) is 46.4 Å². The molecule has 2 N–H and O–H groups in total. The Morgan fingerprint density at radius 1 is 1.17 bits per heavy atom. The van der Waals surface area contributed by atoms with Crippen LogP contribution in [0.1, 0.15) is 26.7 Å². The molecule has 7 heteroatoms. The van der Waals surface area contributed by atoms with Gasteiger partial charge in [-0.15, -0.1) is 24.0 Å². The van der Waals surface area contributed by atoms with E-state index in [1.807, 2.05) is 0 Å². The van der Waals surface area contributed by atoms with Gasteiger partial charge in [0.2, 0.25) is 0 Å². The maximum absolute atomic E-state index is 5.85. The van der Waals surface area contributed by atoms with Gasteiger partial charge in [-0.05, 0) is 18.8 Å². The van der Waals surface area contributed by atoms with Crippen molar-refractivity contribution in [2.45, 2.75) is 38.9 Å². The molecular weight excluding hydrogens is 407 g/mol. The zero-order chi connectivity index (χ0) is 15.8. The van der Waals surface area contributed by atoms with Gasteiger partial charge in [-0.2, -0.15) is 0 Å². The summed E-state index contributed by atoms with van der Waals surface area (Å²) in [7, 11) is 1.80. The minimum Gasteiger partial charge on any atom is -0.376 e. The van der Waals surface area contributed by atoms with Crippen LogP contribution in [0.3, 0.4) is 0 Å². The summed E-state index contributed by atoms with van der Waals surface area (Å²) < 4.78 is 11.5. The van der Waals surface area contributed by atoms with Gasteiger partial charge >= 0.3 is 0 Å². The number of nitrogens with zero attached hydrogens (tertiary/aromatic N) is 2. The Morgan fingerprint density at radius 3 is 2.48 bits per heavy atom. The Balaban J connectivity index is 0.00000264. The van der Waals surface area contributed by atoms with Crippen LogP contribution in [-0.2, 0) is 9.47 Å². The second-order valence-electron chi connectivity index (χ2n) is 6.62. The minimum atomic E-state index is 0. The molecule has 2 rings (SSSR count). The number of hydrogen-bond acceptors (Lipinski definition) is 4. The van der Waals surface area contributed by atoms with Crippen LogP contribution in [0.25, 0.3) is 0 Å². The summed E-state index contributed by atoms with van der Waals surface area (Å²) in [5.41, 5.74) is 0. The lowest BCUT2D eigenvalue weighted by Crippen LogP contribution is -2.50. The standard InChI is InChI=1S/C16H32N4O2.HI/c1-13(2)11-20-6-8-22-15(12-20)10-19-16(17-3)18-9-14-5-4-7-21-14;/h13-15H,4-12H2,1-3H3,(H2,17,18,19);1H. The SMILES string of the molecule is CN=C(NCC1CCCO1)NCC1CN(CC(C)C)CCO1.I. The van der Waals surface area contributed by atoms with Crippen LogP contribution in [-0.4, -0.2) is 76.1 Å². The van der Waals surface area contributed by atoms with E-state index in [4.69, 9.17) is 9.47 Å². The fourth-order valence-corrected chi connectivity index (χ4v) is 3.03. The van der Waals surface area contributed by atoms with Crippen molar-refractivity contribution in [3.05, 3.63) is 0 Å². The van der Waals surface area contributed by atoms with Gasteiger partial charge in [0.1, 0.15) is 0 Å². The maximum Gasteiger partial charge on any atom is 0.191 e. The number of rotatable bonds is 6. The lowest BCUT2D eigenvalue weighted by Gasteiger charge is -2.34. The molecule has 0 radical (unpaired) electrons. The molecule has 23 heavy (non-hydrogen) atoms. The fourth-order valence-electron chi connectivity index (χ4n) is 3.03. The van der Waals surface area contributed by atoms with E-state index in [0.29, 0.717) is 12.0 Å². The fraction of sp³-hybridized carbons (Fsp3) is 0.938. The first-order valence-corrected chi connectivity index (χ1v) is 8.57. The number of halogens is 1. The van der Waals surface area contributed by atoms with Gasteiger partial charge < -0.3 is 20.1 Å². The van der Waals surface area contributed by atoms with Crippen molar-refractivity contribution in [3.63, 3.8) is 0 Å². The highest BCUT2D eigenvalue weighted by Gasteiger charge is 2.21. The lowest BCUT2D eigenvalue weighted by atomic mass is 10.2. The summed E-state index contributed by atoms with van der Waals surface area (Å²) >= 11 is 0. The first-order chi connectivity index (χ1) is 10.7. The molecular formula is C16H33IN4O2. The molecule has 0 aromatic rings. The summed E-state index contributed by atoms with van der Waals surface area (Å²) in [6, 6.07) is 0. The highest BCUT2D eigenvalue weighted by Crippen LogP contribution is 2.10. The second kappa shape index (κ2) is 11.4. The van der Waals surface area contributed by atoms with E-state index in [2.05, 4.69) is 34.4 Å². The highest BCUT2D eigenvalue weighted by atomic mass is 127. The summed E-state index contributed by atoms with van der Waals surface area (Å²) in [6.45, 7) is 11.0. The lowest BCUT2D eigenvalue weighted by molar-refractivity contribution is -0.0284. The Labute approximate surface area is 157 Å². The molecule has 2 atom stereocenters. The summed E-state index contributed by atoms with van der Waals surface area (Å²) in [5.74, 6) is 1.53. The molecule has 0 spiro atoms. The summed E-state index contributed by atoms with van der Waals surface area (Å²) in [4.78, 5) is 6.76. The molecule has 0 saturated carbocycles. The number of morpholine rings is 1. The molecule has 2 aliphatic heterocycles. The van der Waals surface area contributed by atoms with Crippen LogP contribution in [0, 0.1) is 5.92 Å². The van der Waals surface area contributed by atoms with E-state index in [0.717, 1.165) is 58.3 Å². The second-order valence-corrected chi connectivity index (χ2v) is 6.62. The molecule has 2 heterocycles. The smallest absolute Gasteiger partial charge is 0.191 e. The number of hydrogen-bond donors (Lipinski definition) is 2. The van der Waals surface area contributed by atoms with Crippen LogP contribution in [0.15, 0.2) is 4.99 Å². The van der Waals surface area contributed by atoms with Gasteiger partial charge in [0.15, 0.2) is 5.96 Å². The van der Waals surface area contributed by atoms with Gasteiger partial charge in [-0.3, -0.25) is 9.89 Å². The largest absolute Gasteiger partial charge is 0.376 e. The van der Waals surface area contributed by atoms with Crippen LogP contribution in [0.2, 0.25) is 0 Å². The molecule has 2 aliphatic rings. The van der Waals surface area contributed by atoms with Crippen molar-refractivity contribution in [2.24, 2.45) is 10.9 Å². The van der Waals surface area contributed by atoms with Crippen LogP contribution in [0.5, 0.6) is 0 Å². The summed E-state index contributed by atoms with van der Waals surface area (Å²) in [6.07, 6.45) is 2.86. The molecule has 2 fully saturated rings.